The topological polar surface area (TPSA) is 47.3 Å². The van der Waals surface area contributed by atoms with Crippen LogP contribution >= 0.6 is 11.8 Å². The van der Waals surface area contributed by atoms with Crippen molar-refractivity contribution in [3.8, 4) is 11.4 Å². The van der Waals surface area contributed by atoms with Gasteiger partial charge in [-0.15, -0.1) is 22.0 Å². The molecule has 0 N–H and O–H groups in total. The molecule has 2 aromatic heterocycles. The molecule has 0 saturated heterocycles. The summed E-state index contributed by atoms with van der Waals surface area (Å²) in [6.45, 7) is 1.89. The Kier molecular flexibility index (Phi) is 3.28. The Morgan fingerprint density at radius 2 is 1.95 bits per heavy atom. The largest absolute Gasteiger partial charge is 0.298 e. The Morgan fingerprint density at radius 1 is 1.20 bits per heavy atom. The molecule has 0 atom stereocenters. The number of nitrogens with zero attached hydrogens (tertiary/aromatic N) is 3. The third-order valence-electron chi connectivity index (χ3n) is 3.27. The zero-order valence-electron chi connectivity index (χ0n) is 11.2. The zero-order chi connectivity index (χ0) is 14.1. The number of fused-ring (bicyclic) bond motifs is 1. The van der Waals surface area contributed by atoms with Gasteiger partial charge in [-0.3, -0.25) is 9.20 Å². The van der Waals surface area contributed by atoms with Crippen molar-refractivity contribution in [3.63, 3.8) is 0 Å². The van der Waals surface area contributed by atoms with Gasteiger partial charge in [0.25, 0.3) is 0 Å². The third-order valence-corrected chi connectivity index (χ3v) is 4.01. The second-order valence-electron chi connectivity index (χ2n) is 4.51. The molecule has 100 valence electrons. The van der Waals surface area contributed by atoms with Gasteiger partial charge in [0.1, 0.15) is 0 Å². The van der Waals surface area contributed by atoms with Crippen LogP contribution < -0.4 is 0 Å². The van der Waals surface area contributed by atoms with Crippen molar-refractivity contribution < 1.29 is 4.79 Å². The molecule has 0 radical (unpaired) electrons. The molecule has 0 aliphatic carbocycles. The molecule has 1 aromatic carbocycles. The Balaban J connectivity index is 2.17. The quantitative estimate of drug-likeness (QED) is 0.547. The number of hydrogen-bond acceptors (Lipinski definition) is 4. The molecule has 0 bridgehead atoms. The van der Waals surface area contributed by atoms with Crippen LogP contribution in [0.5, 0.6) is 0 Å². The van der Waals surface area contributed by atoms with Crippen LogP contribution in [0.2, 0.25) is 0 Å². The fraction of sp³-hybridized carbons (Fsp3) is 0.133. The van der Waals surface area contributed by atoms with E-state index in [0.29, 0.717) is 5.56 Å². The number of aryl methyl sites for hydroxylation is 1. The number of hydrogen-bond donors (Lipinski definition) is 0. The number of rotatable bonds is 3. The third kappa shape index (κ3) is 2.10. The maximum atomic E-state index is 11.1. The van der Waals surface area contributed by atoms with Gasteiger partial charge in [-0.2, -0.15) is 0 Å². The van der Waals surface area contributed by atoms with Crippen LogP contribution in [0, 0.1) is 6.92 Å². The van der Waals surface area contributed by atoms with Crippen LogP contribution in [-0.2, 0) is 0 Å². The minimum absolute atomic E-state index is 0.652. The van der Waals surface area contributed by atoms with Gasteiger partial charge in [0.15, 0.2) is 17.8 Å². The Bertz CT molecular complexity index is 778. The Hall–Kier alpha value is -2.14. The van der Waals surface area contributed by atoms with Gasteiger partial charge in [0.05, 0.1) is 0 Å². The monoisotopic (exact) mass is 283 g/mol. The van der Waals surface area contributed by atoms with E-state index in [-0.39, 0.29) is 0 Å². The number of thioether (sulfide) groups is 1. The number of pyridine rings is 1. The SMILES string of the molecule is CSc1ccc(-c2nnc3cc(C)c(C=O)cn23)cc1. The lowest BCUT2D eigenvalue weighted by Gasteiger charge is -2.04. The highest BCUT2D eigenvalue weighted by Crippen LogP contribution is 2.23. The molecule has 3 rings (SSSR count). The zero-order valence-corrected chi connectivity index (χ0v) is 12.0. The second-order valence-corrected chi connectivity index (χ2v) is 5.39. The summed E-state index contributed by atoms with van der Waals surface area (Å²) in [5.41, 5.74) is 3.29. The predicted octanol–water partition coefficient (Wildman–Crippen LogP) is 3.24. The van der Waals surface area contributed by atoms with Gasteiger partial charge in [0.2, 0.25) is 0 Å². The molecule has 3 aromatic rings. The minimum Gasteiger partial charge on any atom is -0.298 e. The minimum atomic E-state index is 0.652. The number of carbonyl (C=O) groups excluding carboxylic acids is 1. The van der Waals surface area contributed by atoms with Crippen LogP contribution in [0.4, 0.5) is 0 Å². The first kappa shape index (κ1) is 12.9. The van der Waals surface area contributed by atoms with E-state index in [1.807, 2.05) is 35.8 Å². The normalized spacial score (nSPS) is 10.9. The first-order chi connectivity index (χ1) is 9.72. The van der Waals surface area contributed by atoms with Gasteiger partial charge in [-0.1, -0.05) is 12.1 Å². The van der Waals surface area contributed by atoms with E-state index in [1.54, 1.807) is 18.0 Å². The standard InChI is InChI=1S/C15H13N3OS/c1-10-7-14-16-17-15(18(14)8-12(10)9-19)11-3-5-13(20-2)6-4-11/h3-9H,1-2H3. The van der Waals surface area contributed by atoms with Crippen molar-refractivity contribution >= 4 is 23.7 Å². The summed E-state index contributed by atoms with van der Waals surface area (Å²) in [6, 6.07) is 10.0. The molecule has 0 amide bonds. The van der Waals surface area contributed by atoms with Crippen molar-refractivity contribution in [2.45, 2.75) is 11.8 Å². The van der Waals surface area contributed by atoms with Gasteiger partial charge in [0, 0.05) is 22.2 Å². The van der Waals surface area contributed by atoms with Gasteiger partial charge in [-0.05, 0) is 36.9 Å². The number of aromatic nitrogens is 3. The Labute approximate surface area is 120 Å². The number of aldehydes is 1. The van der Waals surface area contributed by atoms with Crippen molar-refractivity contribution in [2.24, 2.45) is 0 Å². The summed E-state index contributed by atoms with van der Waals surface area (Å²) >= 11 is 1.70. The molecule has 0 spiro atoms. The summed E-state index contributed by atoms with van der Waals surface area (Å²) in [5.74, 6) is 0.746. The fourth-order valence-corrected chi connectivity index (χ4v) is 2.52. The molecule has 0 aliphatic rings. The summed E-state index contributed by atoms with van der Waals surface area (Å²) in [4.78, 5) is 12.3. The van der Waals surface area contributed by atoms with E-state index in [2.05, 4.69) is 22.3 Å². The van der Waals surface area contributed by atoms with Crippen LogP contribution in [-0.4, -0.2) is 27.1 Å². The predicted molar refractivity (Wildman–Crippen MR) is 80.3 cm³/mol. The molecule has 0 aliphatic heterocycles. The number of carbonyl (C=O) groups is 1. The van der Waals surface area contributed by atoms with Gasteiger partial charge in [-0.25, -0.2) is 0 Å². The molecule has 2 heterocycles. The highest BCUT2D eigenvalue weighted by atomic mass is 32.2. The van der Waals surface area contributed by atoms with Crippen molar-refractivity contribution in [2.75, 3.05) is 6.26 Å². The maximum Gasteiger partial charge on any atom is 0.168 e. The van der Waals surface area contributed by atoms with Crippen molar-refractivity contribution in [3.05, 3.63) is 47.7 Å². The van der Waals surface area contributed by atoms with E-state index in [1.165, 1.54) is 4.90 Å². The molecular formula is C15H13N3OS. The lowest BCUT2D eigenvalue weighted by atomic mass is 10.1. The molecule has 4 nitrogen and oxygen atoms in total. The van der Waals surface area contributed by atoms with E-state index >= 15 is 0 Å². The van der Waals surface area contributed by atoms with Crippen molar-refractivity contribution in [1.29, 1.82) is 0 Å². The van der Waals surface area contributed by atoms with Crippen LogP contribution in [0.25, 0.3) is 17.0 Å². The van der Waals surface area contributed by atoms with Gasteiger partial charge >= 0.3 is 0 Å². The molecule has 5 heteroatoms. The van der Waals surface area contributed by atoms with E-state index in [9.17, 15) is 4.79 Å². The lowest BCUT2D eigenvalue weighted by molar-refractivity contribution is 0.112. The van der Waals surface area contributed by atoms with Crippen LogP contribution in [0.1, 0.15) is 15.9 Å². The fourth-order valence-electron chi connectivity index (χ4n) is 2.11. The molecular weight excluding hydrogens is 270 g/mol. The molecule has 0 unspecified atom stereocenters. The first-order valence-electron chi connectivity index (χ1n) is 6.18. The highest BCUT2D eigenvalue weighted by molar-refractivity contribution is 7.98. The Morgan fingerprint density at radius 3 is 2.60 bits per heavy atom. The summed E-state index contributed by atoms with van der Waals surface area (Å²) in [7, 11) is 0. The molecule has 0 fully saturated rings. The van der Waals surface area contributed by atoms with E-state index < -0.39 is 0 Å². The molecule has 0 saturated carbocycles. The van der Waals surface area contributed by atoms with E-state index in [0.717, 1.165) is 28.9 Å². The second kappa shape index (κ2) is 5.09. The molecule has 20 heavy (non-hydrogen) atoms. The smallest absolute Gasteiger partial charge is 0.168 e. The van der Waals surface area contributed by atoms with Crippen molar-refractivity contribution in [1.82, 2.24) is 14.6 Å². The van der Waals surface area contributed by atoms with Crippen LogP contribution in [0.3, 0.4) is 0 Å². The average Bonchev–Trinajstić information content (AvgIpc) is 2.89. The summed E-state index contributed by atoms with van der Waals surface area (Å²) in [6.07, 6.45) is 4.69. The number of benzene rings is 1. The first-order valence-corrected chi connectivity index (χ1v) is 7.40. The van der Waals surface area contributed by atoms with Crippen LogP contribution in [0.15, 0.2) is 41.4 Å². The van der Waals surface area contributed by atoms with E-state index in [4.69, 9.17) is 0 Å². The van der Waals surface area contributed by atoms with Gasteiger partial charge < -0.3 is 0 Å². The summed E-state index contributed by atoms with van der Waals surface area (Å²) in [5, 5.41) is 8.39. The summed E-state index contributed by atoms with van der Waals surface area (Å²) < 4.78 is 1.85. The lowest BCUT2D eigenvalue weighted by Crippen LogP contribution is -1.95. The maximum absolute atomic E-state index is 11.1. The highest BCUT2D eigenvalue weighted by Gasteiger charge is 2.10. The average molecular weight is 283 g/mol.